The van der Waals surface area contributed by atoms with Gasteiger partial charge in [0.05, 0.1) is 4.90 Å². The van der Waals surface area contributed by atoms with Crippen LogP contribution in [-0.2, 0) is 16.0 Å². The topological polar surface area (TPSA) is 89.3 Å². The van der Waals surface area contributed by atoms with Gasteiger partial charge in [0.25, 0.3) is 5.91 Å². The summed E-state index contributed by atoms with van der Waals surface area (Å²) in [5.74, 6) is -1.88. The van der Waals surface area contributed by atoms with Crippen molar-refractivity contribution in [3.63, 3.8) is 0 Å². The van der Waals surface area contributed by atoms with Crippen LogP contribution in [0.4, 0.5) is 18.9 Å². The highest BCUT2D eigenvalue weighted by Gasteiger charge is 2.40. The van der Waals surface area contributed by atoms with Crippen molar-refractivity contribution in [2.45, 2.75) is 11.1 Å². The van der Waals surface area contributed by atoms with E-state index in [2.05, 4.69) is 10.3 Å². The number of carbonyl (C=O) groups excluding carboxylic acids is 1. The zero-order valence-electron chi connectivity index (χ0n) is 17.6. The number of oxazole rings is 1. The van der Waals surface area contributed by atoms with Gasteiger partial charge in [0.2, 0.25) is 11.7 Å². The van der Waals surface area contributed by atoms with Crippen LogP contribution in [0.2, 0.25) is 0 Å². The third kappa shape index (κ3) is 5.01. The summed E-state index contributed by atoms with van der Waals surface area (Å²) < 4.78 is 68.7. The van der Waals surface area contributed by atoms with Crippen LogP contribution in [0, 0.1) is 0 Å². The molecule has 0 unspecified atom stereocenters. The number of benzene rings is 3. The van der Waals surface area contributed by atoms with E-state index in [4.69, 9.17) is 4.42 Å². The molecule has 0 atom stereocenters. The van der Waals surface area contributed by atoms with Gasteiger partial charge < -0.3 is 9.73 Å². The molecule has 1 aromatic heterocycles. The summed E-state index contributed by atoms with van der Waals surface area (Å²) >= 11 is 0. The van der Waals surface area contributed by atoms with Crippen LogP contribution in [0.25, 0.3) is 22.7 Å². The maximum Gasteiger partial charge on any atom is 0.451 e. The minimum absolute atomic E-state index is 0.0902. The van der Waals surface area contributed by atoms with Crippen molar-refractivity contribution in [1.82, 2.24) is 4.98 Å². The first-order chi connectivity index (χ1) is 16.0. The highest BCUT2D eigenvalue weighted by molar-refractivity contribution is 7.90. The second-order valence-corrected chi connectivity index (χ2v) is 9.40. The molecule has 174 valence electrons. The summed E-state index contributed by atoms with van der Waals surface area (Å²) in [6.45, 7) is 0. The van der Waals surface area contributed by atoms with Crippen LogP contribution in [0.1, 0.15) is 16.1 Å². The highest BCUT2D eigenvalue weighted by Crippen LogP contribution is 2.39. The Balaban J connectivity index is 1.56. The first-order valence-electron chi connectivity index (χ1n) is 9.88. The molecular weight excluding hydrogens is 469 g/mol. The van der Waals surface area contributed by atoms with Gasteiger partial charge in [-0.15, -0.1) is 0 Å². The molecule has 3 aromatic carbocycles. The van der Waals surface area contributed by atoms with Crippen LogP contribution in [-0.4, -0.2) is 25.6 Å². The van der Waals surface area contributed by atoms with Crippen molar-refractivity contribution in [2.24, 2.45) is 0 Å². The molecule has 0 fully saturated rings. The fourth-order valence-electron chi connectivity index (χ4n) is 3.18. The lowest BCUT2D eigenvalue weighted by Crippen LogP contribution is -2.12. The zero-order valence-corrected chi connectivity index (χ0v) is 18.4. The molecule has 34 heavy (non-hydrogen) atoms. The van der Waals surface area contributed by atoms with Crippen molar-refractivity contribution in [1.29, 1.82) is 0 Å². The van der Waals surface area contributed by atoms with Gasteiger partial charge in [-0.3, -0.25) is 4.79 Å². The number of aromatic nitrogens is 1. The predicted octanol–water partition coefficient (Wildman–Crippen LogP) is 5.68. The van der Waals surface area contributed by atoms with Crippen LogP contribution >= 0.6 is 0 Å². The average molecular weight is 486 g/mol. The predicted molar refractivity (Wildman–Crippen MR) is 120 cm³/mol. The fraction of sp³-hybridized carbons (Fsp3) is 0.0833. The van der Waals surface area contributed by atoms with Crippen LogP contribution < -0.4 is 5.32 Å². The van der Waals surface area contributed by atoms with E-state index in [0.29, 0.717) is 11.3 Å². The summed E-state index contributed by atoms with van der Waals surface area (Å²) in [5, 5.41) is 2.64. The van der Waals surface area contributed by atoms with E-state index in [1.54, 1.807) is 18.2 Å². The third-order valence-corrected chi connectivity index (χ3v) is 5.99. The quantitative estimate of drug-likeness (QED) is 0.392. The van der Waals surface area contributed by atoms with Gasteiger partial charge >= 0.3 is 6.18 Å². The fourth-order valence-corrected chi connectivity index (χ4v) is 3.81. The minimum Gasteiger partial charge on any atom is -0.431 e. The van der Waals surface area contributed by atoms with Gasteiger partial charge in [0, 0.05) is 28.6 Å². The number of amides is 1. The average Bonchev–Trinajstić information content (AvgIpc) is 3.26. The molecule has 4 aromatic rings. The lowest BCUT2D eigenvalue weighted by Gasteiger charge is -2.06. The molecule has 1 amide bonds. The molecule has 10 heteroatoms. The van der Waals surface area contributed by atoms with Crippen molar-refractivity contribution in [3.8, 4) is 22.7 Å². The Kier molecular flexibility index (Phi) is 6.01. The molecule has 6 nitrogen and oxygen atoms in total. The number of carbonyl (C=O) groups is 1. The molecule has 0 aliphatic carbocycles. The van der Waals surface area contributed by atoms with E-state index >= 15 is 0 Å². The zero-order chi connectivity index (χ0) is 24.5. The Labute approximate surface area is 193 Å². The summed E-state index contributed by atoms with van der Waals surface area (Å²) in [6.07, 6.45) is -3.66. The van der Waals surface area contributed by atoms with Crippen LogP contribution in [0.5, 0.6) is 0 Å². The second kappa shape index (κ2) is 8.79. The van der Waals surface area contributed by atoms with E-state index in [0.717, 1.165) is 6.26 Å². The first-order valence-corrected chi connectivity index (χ1v) is 11.8. The maximum atomic E-state index is 13.5. The Morgan fingerprint density at radius 3 is 2.06 bits per heavy atom. The van der Waals surface area contributed by atoms with Crippen molar-refractivity contribution >= 4 is 21.4 Å². The molecule has 4 rings (SSSR count). The number of rotatable bonds is 5. The SMILES string of the molecule is CS(=O)(=O)c1ccc(C(=O)Nc2ccc(-c3nc(-c4ccccc4)c(C(F)(F)F)o3)cc2)cc1. The lowest BCUT2D eigenvalue weighted by atomic mass is 10.1. The molecule has 0 saturated heterocycles. The number of alkyl halides is 3. The van der Waals surface area contributed by atoms with Gasteiger partial charge in [-0.2, -0.15) is 13.2 Å². The van der Waals surface area contributed by atoms with Gasteiger partial charge in [-0.05, 0) is 48.5 Å². The first kappa shape index (κ1) is 23.2. The van der Waals surface area contributed by atoms with E-state index in [1.807, 2.05) is 0 Å². The molecule has 0 radical (unpaired) electrons. The summed E-state index contributed by atoms with van der Waals surface area (Å²) in [5.41, 5.74) is 0.884. The highest BCUT2D eigenvalue weighted by atomic mass is 32.2. The normalized spacial score (nSPS) is 11.9. The smallest absolute Gasteiger partial charge is 0.431 e. The largest absolute Gasteiger partial charge is 0.451 e. The maximum absolute atomic E-state index is 13.5. The number of anilines is 1. The van der Waals surface area contributed by atoms with Gasteiger partial charge in [0.15, 0.2) is 9.84 Å². The van der Waals surface area contributed by atoms with Crippen molar-refractivity contribution < 1.29 is 30.8 Å². The van der Waals surface area contributed by atoms with Gasteiger partial charge in [0.1, 0.15) is 5.69 Å². The van der Waals surface area contributed by atoms with Gasteiger partial charge in [-0.25, -0.2) is 13.4 Å². The molecule has 0 saturated carbocycles. The second-order valence-electron chi connectivity index (χ2n) is 7.39. The monoisotopic (exact) mass is 486 g/mol. The Bertz CT molecular complexity index is 1430. The standard InChI is InChI=1S/C24H17F3N2O4S/c1-34(31,32)19-13-9-16(10-14-19)22(30)28-18-11-7-17(8-12-18)23-29-20(15-5-3-2-4-6-15)21(33-23)24(25,26)27/h2-14H,1H3,(H,28,30). The number of halogens is 3. The molecule has 0 aliphatic heterocycles. The molecular formula is C24H17F3N2O4S. The van der Waals surface area contributed by atoms with Crippen LogP contribution in [0.3, 0.4) is 0 Å². The molecule has 1 N–H and O–H groups in total. The molecule has 0 bridgehead atoms. The van der Waals surface area contributed by atoms with E-state index < -0.39 is 27.7 Å². The van der Waals surface area contributed by atoms with Crippen molar-refractivity contribution in [3.05, 3.63) is 90.2 Å². The third-order valence-electron chi connectivity index (χ3n) is 4.87. The molecule has 0 aliphatic rings. The van der Waals surface area contributed by atoms with Gasteiger partial charge in [-0.1, -0.05) is 30.3 Å². The number of sulfone groups is 1. The van der Waals surface area contributed by atoms with Crippen LogP contribution in [0.15, 0.2) is 88.2 Å². The summed E-state index contributed by atoms with van der Waals surface area (Å²) in [7, 11) is -3.38. The number of hydrogen-bond acceptors (Lipinski definition) is 5. The number of hydrogen-bond donors (Lipinski definition) is 1. The minimum atomic E-state index is -4.73. The number of nitrogens with one attached hydrogen (secondary N) is 1. The molecule has 0 spiro atoms. The molecule has 1 heterocycles. The van der Waals surface area contributed by atoms with Crippen molar-refractivity contribution in [2.75, 3.05) is 11.6 Å². The van der Waals surface area contributed by atoms with E-state index in [1.165, 1.54) is 60.7 Å². The Hall–Kier alpha value is -3.92. The summed E-state index contributed by atoms with van der Waals surface area (Å²) in [4.78, 5) is 16.6. The Morgan fingerprint density at radius 1 is 0.882 bits per heavy atom. The lowest BCUT2D eigenvalue weighted by molar-refractivity contribution is -0.152. The Morgan fingerprint density at radius 2 is 1.50 bits per heavy atom. The number of nitrogens with zero attached hydrogens (tertiary/aromatic N) is 1. The van der Waals surface area contributed by atoms with E-state index in [9.17, 15) is 26.4 Å². The van der Waals surface area contributed by atoms with E-state index in [-0.39, 0.29) is 27.6 Å². The summed E-state index contributed by atoms with van der Waals surface area (Å²) in [6, 6.07) is 19.3.